The molecule has 2 aromatic heterocycles. The number of halogens is 3. The number of nitrogens with one attached hydrogen (secondary N) is 2. The minimum Gasteiger partial charge on any atom is -0.399 e. The molecule has 0 bridgehead atoms. The number of nitrogens with zero attached hydrogens (tertiary/aromatic N) is 3. The first-order chi connectivity index (χ1) is 15.4. The fourth-order valence-corrected chi connectivity index (χ4v) is 4.65. The third-order valence-corrected chi connectivity index (χ3v) is 6.47. The molecule has 33 heavy (non-hydrogen) atoms. The highest BCUT2D eigenvalue weighted by atomic mass is 32.1. The van der Waals surface area contributed by atoms with E-state index in [1.54, 1.807) is 32.0 Å². The van der Waals surface area contributed by atoms with E-state index in [0.717, 1.165) is 16.3 Å². The number of urea groups is 1. The molecule has 0 unspecified atom stereocenters. The zero-order valence-corrected chi connectivity index (χ0v) is 18.6. The molecule has 0 spiro atoms. The van der Waals surface area contributed by atoms with Gasteiger partial charge in [-0.15, -0.1) is 11.3 Å². The zero-order chi connectivity index (χ0) is 24.0. The number of rotatable bonds is 6. The van der Waals surface area contributed by atoms with E-state index >= 15 is 0 Å². The maximum absolute atomic E-state index is 13.2. The first-order valence-corrected chi connectivity index (χ1v) is 10.8. The number of aromatic nitrogens is 2. The molecule has 12 heteroatoms. The number of nitrogens with two attached hydrogens (primary N) is 1. The molecule has 1 fully saturated rings. The van der Waals surface area contributed by atoms with Gasteiger partial charge in [-0.2, -0.15) is 13.2 Å². The molecular formula is C21H21F3N6O2S. The Bertz CT molecular complexity index is 1240. The minimum atomic E-state index is -4.42. The van der Waals surface area contributed by atoms with Gasteiger partial charge in [0.1, 0.15) is 5.54 Å². The Kier molecular flexibility index (Phi) is 5.64. The lowest BCUT2D eigenvalue weighted by Crippen LogP contribution is -2.46. The van der Waals surface area contributed by atoms with Crippen LogP contribution in [0.25, 0.3) is 20.7 Å². The van der Waals surface area contributed by atoms with Gasteiger partial charge in [-0.05, 0) is 43.5 Å². The van der Waals surface area contributed by atoms with Gasteiger partial charge in [-0.25, -0.2) is 14.8 Å². The number of hydrogen-bond donors (Lipinski definition) is 3. The molecule has 3 heterocycles. The van der Waals surface area contributed by atoms with E-state index in [1.807, 2.05) is 6.07 Å². The molecule has 1 aliphatic rings. The number of benzene rings is 1. The Morgan fingerprint density at radius 2 is 2.00 bits per heavy atom. The second-order valence-corrected chi connectivity index (χ2v) is 9.25. The summed E-state index contributed by atoms with van der Waals surface area (Å²) in [4.78, 5) is 34.2. The van der Waals surface area contributed by atoms with E-state index in [1.165, 1.54) is 16.2 Å². The van der Waals surface area contributed by atoms with E-state index in [9.17, 15) is 22.8 Å². The summed E-state index contributed by atoms with van der Waals surface area (Å²) in [6, 6.07) is 6.55. The molecular weight excluding hydrogens is 457 g/mol. The van der Waals surface area contributed by atoms with Gasteiger partial charge in [0.15, 0.2) is 0 Å². The Hall–Kier alpha value is -3.41. The van der Waals surface area contributed by atoms with E-state index in [0.29, 0.717) is 10.6 Å². The van der Waals surface area contributed by atoms with Crippen LogP contribution < -0.4 is 16.4 Å². The first-order valence-electron chi connectivity index (χ1n) is 10.0. The smallest absolute Gasteiger partial charge is 0.393 e. The highest BCUT2D eigenvalue weighted by Crippen LogP contribution is 2.37. The maximum atomic E-state index is 13.2. The maximum Gasteiger partial charge on any atom is 0.393 e. The lowest BCUT2D eigenvalue weighted by atomic mass is 10.0. The van der Waals surface area contributed by atoms with Gasteiger partial charge < -0.3 is 16.0 Å². The number of fused-ring (bicyclic) bond motifs is 1. The van der Waals surface area contributed by atoms with Gasteiger partial charge >= 0.3 is 12.2 Å². The van der Waals surface area contributed by atoms with Crippen LogP contribution in [0, 0.1) is 0 Å². The molecule has 8 nitrogen and oxygen atoms in total. The average molecular weight is 479 g/mol. The largest absolute Gasteiger partial charge is 0.399 e. The molecule has 1 aliphatic heterocycles. The van der Waals surface area contributed by atoms with Crippen molar-refractivity contribution in [2.75, 3.05) is 24.1 Å². The van der Waals surface area contributed by atoms with Gasteiger partial charge in [0.2, 0.25) is 5.95 Å². The number of thiophene rings is 1. The van der Waals surface area contributed by atoms with Crippen molar-refractivity contribution in [3.05, 3.63) is 36.0 Å². The minimum absolute atomic E-state index is 0.0433. The van der Waals surface area contributed by atoms with Crippen molar-refractivity contribution >= 4 is 45.0 Å². The molecule has 3 aromatic rings. The summed E-state index contributed by atoms with van der Waals surface area (Å²) in [7, 11) is 0. The van der Waals surface area contributed by atoms with E-state index in [2.05, 4.69) is 20.6 Å². The second kappa shape index (κ2) is 8.18. The summed E-state index contributed by atoms with van der Waals surface area (Å²) in [5.41, 5.74) is 5.51. The van der Waals surface area contributed by atoms with E-state index < -0.39 is 30.1 Å². The molecule has 4 N–H and O–H groups in total. The third-order valence-electron chi connectivity index (χ3n) is 5.34. The highest BCUT2D eigenvalue weighted by molar-refractivity contribution is 7.22. The van der Waals surface area contributed by atoms with Crippen LogP contribution in [0.4, 0.5) is 29.6 Å². The first kappa shape index (κ1) is 22.8. The molecule has 3 amide bonds. The number of alkyl halides is 3. The molecule has 0 saturated carbocycles. The monoisotopic (exact) mass is 478 g/mol. The van der Waals surface area contributed by atoms with Crippen molar-refractivity contribution in [3.8, 4) is 10.6 Å². The van der Waals surface area contributed by atoms with Crippen LogP contribution in [0.15, 0.2) is 30.5 Å². The number of imide groups is 1. The molecule has 4 rings (SSSR count). The number of carbonyl (C=O) groups is 2. The van der Waals surface area contributed by atoms with Crippen LogP contribution in [0.5, 0.6) is 0 Å². The van der Waals surface area contributed by atoms with Crippen molar-refractivity contribution < 1.29 is 22.8 Å². The number of nitrogen functional groups attached to an aromatic ring is 1. The Labute approximate surface area is 191 Å². The van der Waals surface area contributed by atoms with Gasteiger partial charge in [-0.3, -0.25) is 10.1 Å². The van der Waals surface area contributed by atoms with Crippen LogP contribution >= 0.6 is 11.3 Å². The molecule has 174 valence electrons. The lowest BCUT2D eigenvalue weighted by Gasteiger charge is -2.27. The van der Waals surface area contributed by atoms with Crippen LogP contribution in [0.1, 0.15) is 19.4 Å². The normalized spacial score (nSPS) is 15.8. The number of anilines is 2. The summed E-state index contributed by atoms with van der Waals surface area (Å²) < 4.78 is 40.3. The average Bonchev–Trinajstić information content (AvgIpc) is 3.21. The Balaban J connectivity index is 1.59. The number of carbonyl (C=O) groups excluding carboxylic acids is 2. The summed E-state index contributed by atoms with van der Waals surface area (Å²) >= 11 is 1.31. The number of hydrogen-bond acceptors (Lipinski definition) is 7. The van der Waals surface area contributed by atoms with Crippen LogP contribution in [-0.2, 0) is 11.2 Å². The summed E-state index contributed by atoms with van der Waals surface area (Å²) in [6.07, 6.45) is -4.43. The van der Waals surface area contributed by atoms with Gasteiger partial charge in [0.05, 0.1) is 17.0 Å². The van der Waals surface area contributed by atoms with E-state index in [4.69, 9.17) is 5.73 Å². The quantitative estimate of drug-likeness (QED) is 0.367. The van der Waals surface area contributed by atoms with Crippen molar-refractivity contribution in [1.29, 1.82) is 0 Å². The highest BCUT2D eigenvalue weighted by Gasteiger charge is 2.45. The SMILES string of the molecule is CC1(C)C(=O)NC(=O)N1CCNc1ncc(CC(F)(F)F)c(-c2cc3cc(N)ccc3s2)n1. The van der Waals surface area contributed by atoms with Crippen molar-refractivity contribution in [2.24, 2.45) is 0 Å². The lowest BCUT2D eigenvalue weighted by molar-refractivity contribution is -0.127. The Morgan fingerprint density at radius 3 is 2.67 bits per heavy atom. The topological polar surface area (TPSA) is 113 Å². The van der Waals surface area contributed by atoms with Crippen molar-refractivity contribution in [1.82, 2.24) is 20.2 Å². The standard InChI is InChI=1S/C21H21F3N6O2S/c1-20(2)17(31)29-19(32)30(20)6-5-26-18-27-10-12(9-21(22,23)24)16(28-18)15-8-11-7-13(25)3-4-14(11)33-15/h3-4,7-8,10H,5-6,9,25H2,1-2H3,(H,26,27,28)(H,29,31,32). The summed E-state index contributed by atoms with van der Waals surface area (Å²) in [5.74, 6) is -0.274. The molecule has 1 saturated heterocycles. The second-order valence-electron chi connectivity index (χ2n) is 8.16. The van der Waals surface area contributed by atoms with Crippen LogP contribution in [0.3, 0.4) is 0 Å². The van der Waals surface area contributed by atoms with Crippen molar-refractivity contribution in [2.45, 2.75) is 32.0 Å². The Morgan fingerprint density at radius 1 is 1.24 bits per heavy atom. The van der Waals surface area contributed by atoms with Gasteiger partial charge in [0.25, 0.3) is 5.91 Å². The van der Waals surface area contributed by atoms with E-state index in [-0.39, 0.29) is 30.3 Å². The van der Waals surface area contributed by atoms with Gasteiger partial charge in [0, 0.05) is 35.2 Å². The van der Waals surface area contributed by atoms with Gasteiger partial charge in [-0.1, -0.05) is 0 Å². The number of amides is 3. The molecule has 0 radical (unpaired) electrons. The fraction of sp³-hybridized carbons (Fsp3) is 0.333. The van der Waals surface area contributed by atoms with Crippen LogP contribution in [0.2, 0.25) is 0 Å². The summed E-state index contributed by atoms with van der Waals surface area (Å²) in [6.45, 7) is 3.63. The summed E-state index contributed by atoms with van der Waals surface area (Å²) in [5, 5.41) is 6.01. The molecule has 0 aliphatic carbocycles. The fourth-order valence-electron chi connectivity index (χ4n) is 3.58. The van der Waals surface area contributed by atoms with Crippen LogP contribution in [-0.4, -0.2) is 51.6 Å². The third kappa shape index (κ3) is 4.70. The molecule has 0 atom stereocenters. The molecule has 1 aromatic carbocycles. The van der Waals surface area contributed by atoms with Crippen molar-refractivity contribution in [3.63, 3.8) is 0 Å². The zero-order valence-electron chi connectivity index (χ0n) is 17.8. The predicted octanol–water partition coefficient (Wildman–Crippen LogP) is 3.79. The predicted molar refractivity (Wildman–Crippen MR) is 120 cm³/mol.